The van der Waals surface area contributed by atoms with Gasteiger partial charge in [0.15, 0.2) is 0 Å². The highest BCUT2D eigenvalue weighted by Gasteiger charge is 2.06. The van der Waals surface area contributed by atoms with Crippen LogP contribution in [0.2, 0.25) is 0 Å². The van der Waals surface area contributed by atoms with E-state index in [0.29, 0.717) is 5.56 Å². The molecule has 5 rings (SSSR count). The lowest BCUT2D eigenvalue weighted by Crippen LogP contribution is -2.19. The summed E-state index contributed by atoms with van der Waals surface area (Å²) in [7, 11) is -4.67. The van der Waals surface area contributed by atoms with Gasteiger partial charge in [-0.3, -0.25) is 19.3 Å². The summed E-state index contributed by atoms with van der Waals surface area (Å²) in [5.41, 5.74) is 10.7. The number of hydrogen-bond acceptors (Lipinski definition) is 6. The fraction of sp³-hybridized carbons (Fsp3) is 0.0645. The lowest BCUT2D eigenvalue weighted by Gasteiger charge is -2.07. The maximum Gasteiger partial charge on any atom is 0.394 e. The Morgan fingerprint density at radius 2 is 1.02 bits per heavy atom. The van der Waals surface area contributed by atoms with Crippen molar-refractivity contribution in [1.82, 2.24) is 5.43 Å². The molecule has 0 aliphatic carbocycles. The quantitative estimate of drug-likeness (QED) is 0.107. The van der Waals surface area contributed by atoms with Gasteiger partial charge in [-0.25, -0.2) is 5.43 Å². The molecule has 10 heteroatoms. The van der Waals surface area contributed by atoms with E-state index in [2.05, 4.69) is 75.7 Å². The number of nitrogens with zero attached hydrogens (tertiary/aromatic N) is 2. The van der Waals surface area contributed by atoms with Crippen LogP contribution in [0.15, 0.2) is 119 Å². The van der Waals surface area contributed by atoms with Crippen LogP contribution in [0.1, 0.15) is 35.3 Å². The van der Waals surface area contributed by atoms with Gasteiger partial charge >= 0.3 is 10.4 Å². The normalized spacial score (nSPS) is 12.0. The van der Waals surface area contributed by atoms with Gasteiger partial charge in [0.05, 0.1) is 17.1 Å². The number of benzene rings is 5. The van der Waals surface area contributed by atoms with Crippen LogP contribution >= 0.6 is 0 Å². The summed E-state index contributed by atoms with van der Waals surface area (Å²) in [5.74, 6) is -0.266. The van der Waals surface area contributed by atoms with Gasteiger partial charge in [-0.2, -0.15) is 18.6 Å². The lowest BCUT2D eigenvalue weighted by atomic mass is 10.0. The Labute approximate surface area is 237 Å². The first kappa shape index (κ1) is 29.1. The number of amides is 1. The molecule has 0 aromatic heterocycles. The number of fused-ring (bicyclic) bond motifs is 2. The molecule has 0 atom stereocenters. The Kier molecular flexibility index (Phi) is 9.20. The summed E-state index contributed by atoms with van der Waals surface area (Å²) < 4.78 is 31.6. The van der Waals surface area contributed by atoms with Crippen molar-refractivity contribution >= 4 is 55.0 Å². The highest BCUT2D eigenvalue weighted by molar-refractivity contribution is 7.79. The average molecular weight is 569 g/mol. The first-order valence-electron chi connectivity index (χ1n) is 12.5. The molecule has 0 heterocycles. The van der Waals surface area contributed by atoms with E-state index in [0.717, 1.165) is 33.6 Å². The number of hydrazone groups is 2. The van der Waals surface area contributed by atoms with Crippen LogP contribution in [0.25, 0.3) is 21.5 Å². The third kappa shape index (κ3) is 8.54. The van der Waals surface area contributed by atoms with E-state index in [-0.39, 0.29) is 5.91 Å². The molecule has 41 heavy (non-hydrogen) atoms. The minimum absolute atomic E-state index is 0.266. The predicted octanol–water partition coefficient (Wildman–Crippen LogP) is 6.33. The molecule has 9 nitrogen and oxygen atoms in total. The molecule has 0 unspecified atom stereocenters. The lowest BCUT2D eigenvalue weighted by molar-refractivity contribution is 0.0955. The number of anilines is 1. The van der Waals surface area contributed by atoms with E-state index in [1.165, 1.54) is 16.2 Å². The average Bonchev–Trinajstić information content (AvgIpc) is 2.97. The van der Waals surface area contributed by atoms with Gasteiger partial charge in [0.1, 0.15) is 0 Å². The summed E-state index contributed by atoms with van der Waals surface area (Å²) >= 11 is 0. The fourth-order valence-electron chi connectivity index (χ4n) is 4.00. The maximum absolute atomic E-state index is 12.6. The van der Waals surface area contributed by atoms with E-state index in [1.54, 1.807) is 12.1 Å². The van der Waals surface area contributed by atoms with Crippen LogP contribution in [0.3, 0.4) is 0 Å². The molecule has 5 aromatic carbocycles. The van der Waals surface area contributed by atoms with Gasteiger partial charge < -0.3 is 0 Å². The van der Waals surface area contributed by atoms with Gasteiger partial charge in [0.2, 0.25) is 0 Å². The minimum Gasteiger partial charge on any atom is -0.278 e. The van der Waals surface area contributed by atoms with Crippen molar-refractivity contribution in [2.75, 3.05) is 5.43 Å². The highest BCUT2D eigenvalue weighted by atomic mass is 32.3. The Morgan fingerprint density at radius 3 is 1.51 bits per heavy atom. The molecule has 0 radical (unpaired) electrons. The van der Waals surface area contributed by atoms with Crippen molar-refractivity contribution < 1.29 is 22.3 Å². The number of nitrogens with one attached hydrogen (secondary N) is 2. The van der Waals surface area contributed by atoms with Crippen LogP contribution < -0.4 is 10.9 Å². The van der Waals surface area contributed by atoms with Crippen LogP contribution in [0.4, 0.5) is 5.69 Å². The second-order valence-electron chi connectivity index (χ2n) is 9.10. The van der Waals surface area contributed by atoms with E-state index >= 15 is 0 Å². The molecule has 0 fully saturated rings. The van der Waals surface area contributed by atoms with Crippen molar-refractivity contribution in [3.8, 4) is 0 Å². The smallest absolute Gasteiger partial charge is 0.278 e. The van der Waals surface area contributed by atoms with Gasteiger partial charge in [0, 0.05) is 5.56 Å². The number of hydrogen-bond donors (Lipinski definition) is 4. The van der Waals surface area contributed by atoms with Gasteiger partial charge in [-0.15, -0.1) is 0 Å². The molecule has 1 amide bonds. The van der Waals surface area contributed by atoms with E-state index in [1.807, 2.05) is 56.3 Å². The van der Waals surface area contributed by atoms with Gasteiger partial charge in [-0.1, -0.05) is 72.8 Å². The van der Waals surface area contributed by atoms with Crippen LogP contribution in [0.5, 0.6) is 0 Å². The van der Waals surface area contributed by atoms with Crippen molar-refractivity contribution in [3.05, 3.63) is 126 Å². The van der Waals surface area contributed by atoms with Gasteiger partial charge in [-0.05, 0) is 82.9 Å². The van der Waals surface area contributed by atoms with E-state index in [9.17, 15) is 4.79 Å². The first-order valence-corrected chi connectivity index (χ1v) is 13.9. The zero-order chi connectivity index (χ0) is 29.4. The molecular weight excluding hydrogens is 540 g/mol. The second kappa shape index (κ2) is 13.0. The minimum atomic E-state index is -4.67. The zero-order valence-corrected chi connectivity index (χ0v) is 23.1. The van der Waals surface area contributed by atoms with Crippen LogP contribution in [-0.4, -0.2) is 34.9 Å². The number of rotatable bonds is 6. The number of carbonyl (C=O) groups excluding carboxylic acids is 1. The Hall–Kier alpha value is -4.90. The summed E-state index contributed by atoms with van der Waals surface area (Å²) in [6.45, 7) is 3.85. The summed E-state index contributed by atoms with van der Waals surface area (Å²) in [6, 6.07) is 36.0. The maximum atomic E-state index is 12.6. The molecular formula is C31H28N4O5S. The molecule has 5 aromatic rings. The second-order valence-corrected chi connectivity index (χ2v) is 9.99. The molecule has 208 valence electrons. The Morgan fingerprint density at radius 1 is 0.610 bits per heavy atom. The third-order valence-electron chi connectivity index (χ3n) is 6.16. The topological polar surface area (TPSA) is 140 Å². The zero-order valence-electron chi connectivity index (χ0n) is 22.3. The van der Waals surface area contributed by atoms with Crippen LogP contribution in [0, 0.1) is 0 Å². The predicted molar refractivity (Wildman–Crippen MR) is 164 cm³/mol. The van der Waals surface area contributed by atoms with Crippen molar-refractivity contribution in [2.45, 2.75) is 13.8 Å². The molecule has 0 aliphatic rings. The molecule has 0 bridgehead atoms. The SMILES string of the molecule is CC(=NNC(=O)c1ccc(NN=C(C)c2ccc3ccccc3c2)cc1)c1ccc2ccccc2c1.O=S(=O)(O)O. The van der Waals surface area contributed by atoms with E-state index < -0.39 is 10.4 Å². The first-order chi connectivity index (χ1) is 19.6. The molecule has 0 spiro atoms. The van der Waals surface area contributed by atoms with Crippen molar-refractivity contribution in [1.29, 1.82) is 0 Å². The molecule has 0 aliphatic heterocycles. The van der Waals surface area contributed by atoms with Gasteiger partial charge in [0.25, 0.3) is 5.91 Å². The highest BCUT2D eigenvalue weighted by Crippen LogP contribution is 2.18. The monoisotopic (exact) mass is 568 g/mol. The fourth-order valence-corrected chi connectivity index (χ4v) is 4.00. The van der Waals surface area contributed by atoms with Crippen LogP contribution in [-0.2, 0) is 10.4 Å². The third-order valence-corrected chi connectivity index (χ3v) is 6.16. The Bertz CT molecular complexity index is 1860. The molecule has 4 N–H and O–H groups in total. The van der Waals surface area contributed by atoms with Crippen molar-refractivity contribution in [2.24, 2.45) is 10.2 Å². The Balaban J connectivity index is 0.000000714. The molecule has 0 saturated heterocycles. The summed E-state index contributed by atoms with van der Waals surface area (Å²) in [4.78, 5) is 12.6. The summed E-state index contributed by atoms with van der Waals surface area (Å²) in [6.07, 6.45) is 0. The van der Waals surface area contributed by atoms with E-state index in [4.69, 9.17) is 17.5 Å². The largest absolute Gasteiger partial charge is 0.394 e. The van der Waals surface area contributed by atoms with Crippen molar-refractivity contribution in [3.63, 3.8) is 0 Å². The standard InChI is InChI=1S/C31H26N4O.H2O4S/c1-21(26-13-11-23-7-3-5-9-28(23)19-26)32-34-30-17-15-25(16-18-30)31(36)35-33-22(2)27-14-12-24-8-4-6-10-29(24)20-27;1-5(2,3)4/h3-20,34H,1-2H3,(H,35,36);(H2,1,2,3,4). The number of carbonyl (C=O) groups is 1. The summed E-state index contributed by atoms with van der Waals surface area (Å²) in [5, 5.41) is 13.5. The molecule has 0 saturated carbocycles.